The van der Waals surface area contributed by atoms with Crippen LogP contribution in [0, 0.1) is 0 Å². The molecule has 1 aliphatic carbocycles. The molecule has 5 rings (SSSR count). The van der Waals surface area contributed by atoms with Crippen molar-refractivity contribution in [2.45, 2.75) is 48.8 Å². The van der Waals surface area contributed by atoms with Crippen molar-refractivity contribution in [3.8, 4) is 0 Å². The summed E-state index contributed by atoms with van der Waals surface area (Å²) in [6, 6.07) is 16.7. The van der Waals surface area contributed by atoms with Gasteiger partial charge in [0.1, 0.15) is 0 Å². The van der Waals surface area contributed by atoms with Gasteiger partial charge in [0.05, 0.1) is 14.9 Å². The summed E-state index contributed by atoms with van der Waals surface area (Å²) in [4.78, 5) is 28.6. The average Bonchev–Trinajstić information content (AvgIpc) is 3.37. The van der Waals surface area contributed by atoms with Crippen LogP contribution in [-0.2, 0) is 14.8 Å². The van der Waals surface area contributed by atoms with Gasteiger partial charge in [0.15, 0.2) is 6.17 Å². The van der Waals surface area contributed by atoms with Crippen LogP contribution in [0.2, 0.25) is 10.0 Å². The van der Waals surface area contributed by atoms with Gasteiger partial charge in [0.25, 0.3) is 11.8 Å². The van der Waals surface area contributed by atoms with E-state index in [0.29, 0.717) is 12.8 Å². The number of hydrogen-bond donors (Lipinski definition) is 2. The Kier molecular flexibility index (Phi) is 7.66. The van der Waals surface area contributed by atoms with Crippen molar-refractivity contribution in [3.05, 3.63) is 76.3 Å². The van der Waals surface area contributed by atoms with E-state index >= 15 is 0 Å². The first-order chi connectivity index (χ1) is 18.1. The van der Waals surface area contributed by atoms with Crippen LogP contribution in [0.3, 0.4) is 0 Å². The minimum atomic E-state index is -4.13. The number of benzene rings is 3. The summed E-state index contributed by atoms with van der Waals surface area (Å²) in [5.41, 5.74) is 6.22. The number of halogens is 2. The summed E-state index contributed by atoms with van der Waals surface area (Å²) in [6.45, 7) is 0.00929. The number of nitrogens with one attached hydrogen (secondary N) is 1. The van der Waals surface area contributed by atoms with E-state index in [1.165, 1.54) is 29.2 Å². The van der Waals surface area contributed by atoms with Gasteiger partial charge in [-0.15, -0.1) is 0 Å². The first-order valence-corrected chi connectivity index (χ1v) is 14.7. The Hall–Kier alpha value is -2.69. The molecule has 38 heavy (non-hydrogen) atoms. The Balaban J connectivity index is 1.49. The molecule has 2 amide bonds. The zero-order chi connectivity index (χ0) is 27.0. The highest BCUT2D eigenvalue weighted by molar-refractivity contribution is 7.89. The predicted molar refractivity (Wildman–Crippen MR) is 148 cm³/mol. The Bertz CT molecular complexity index is 1490. The molecule has 0 aromatic heterocycles. The monoisotopic (exact) mass is 574 g/mol. The molecule has 0 spiro atoms. The van der Waals surface area contributed by atoms with Crippen molar-refractivity contribution in [1.29, 1.82) is 0 Å². The second kappa shape index (κ2) is 10.8. The minimum absolute atomic E-state index is 0.0319. The van der Waals surface area contributed by atoms with Crippen LogP contribution < -0.4 is 11.1 Å². The maximum atomic E-state index is 13.9. The molecule has 3 aromatic rings. The first-order valence-electron chi connectivity index (χ1n) is 12.5. The smallest absolute Gasteiger partial charge is 0.259 e. The zero-order valence-electron chi connectivity index (χ0n) is 20.5. The summed E-state index contributed by atoms with van der Waals surface area (Å²) in [6.07, 6.45) is 1.56. The predicted octanol–water partition coefficient (Wildman–Crippen LogP) is 4.01. The van der Waals surface area contributed by atoms with Crippen LogP contribution in [0.4, 0.5) is 0 Å². The molecular weight excluding hydrogens is 547 g/mol. The van der Waals surface area contributed by atoms with Gasteiger partial charge in [-0.25, -0.2) is 8.42 Å². The van der Waals surface area contributed by atoms with E-state index in [4.69, 9.17) is 28.9 Å². The number of rotatable bonds is 5. The molecule has 1 aliphatic heterocycles. The lowest BCUT2D eigenvalue weighted by Crippen LogP contribution is -2.56. The highest BCUT2D eigenvalue weighted by Gasteiger charge is 2.47. The van der Waals surface area contributed by atoms with E-state index in [0.717, 1.165) is 27.9 Å². The first kappa shape index (κ1) is 26.9. The van der Waals surface area contributed by atoms with Crippen LogP contribution in [0.1, 0.15) is 36.0 Å². The fraction of sp³-hybridized carbons (Fsp3) is 0.333. The fourth-order valence-corrected chi connectivity index (χ4v) is 7.02. The third kappa shape index (κ3) is 5.26. The molecule has 1 atom stereocenters. The molecule has 2 aliphatic rings. The summed E-state index contributed by atoms with van der Waals surface area (Å²) in [5, 5.41) is 5.12. The van der Waals surface area contributed by atoms with Crippen LogP contribution in [0.5, 0.6) is 0 Å². The van der Waals surface area contributed by atoms with Gasteiger partial charge in [-0.3, -0.25) is 9.59 Å². The normalized spacial score (nSPS) is 22.5. The van der Waals surface area contributed by atoms with Crippen molar-refractivity contribution in [3.63, 3.8) is 0 Å². The molecule has 1 heterocycles. The zero-order valence-corrected chi connectivity index (χ0v) is 22.8. The maximum Gasteiger partial charge on any atom is 0.259 e. The molecule has 2 fully saturated rings. The van der Waals surface area contributed by atoms with Crippen molar-refractivity contribution in [2.24, 2.45) is 5.73 Å². The second-order valence-corrected chi connectivity index (χ2v) is 12.5. The van der Waals surface area contributed by atoms with Crippen LogP contribution in [0.15, 0.2) is 65.6 Å². The van der Waals surface area contributed by atoms with Gasteiger partial charge in [-0.2, -0.15) is 4.31 Å². The number of carbonyl (C=O) groups is 2. The molecule has 0 radical (unpaired) electrons. The van der Waals surface area contributed by atoms with Gasteiger partial charge in [-0.1, -0.05) is 53.5 Å². The molecule has 3 N–H and O–H groups in total. The van der Waals surface area contributed by atoms with Gasteiger partial charge in [0, 0.05) is 30.7 Å². The van der Waals surface area contributed by atoms with Crippen LogP contribution in [-0.4, -0.2) is 60.8 Å². The lowest BCUT2D eigenvalue weighted by Gasteiger charge is -2.32. The Morgan fingerprint density at radius 3 is 2.29 bits per heavy atom. The fourth-order valence-electron chi connectivity index (χ4n) is 5.14. The van der Waals surface area contributed by atoms with Gasteiger partial charge >= 0.3 is 0 Å². The molecule has 1 saturated heterocycles. The van der Waals surface area contributed by atoms with E-state index in [-0.39, 0.29) is 45.7 Å². The molecule has 0 bridgehead atoms. The molecule has 1 unspecified atom stereocenters. The van der Waals surface area contributed by atoms with E-state index in [9.17, 15) is 18.0 Å². The number of hydrogen-bond acceptors (Lipinski definition) is 5. The van der Waals surface area contributed by atoms with Gasteiger partial charge < -0.3 is 16.0 Å². The molecule has 200 valence electrons. The van der Waals surface area contributed by atoms with E-state index in [2.05, 4.69) is 5.32 Å². The summed E-state index contributed by atoms with van der Waals surface area (Å²) in [7, 11) is -4.13. The number of nitrogens with zero attached hydrogens (tertiary/aromatic N) is 2. The highest BCUT2D eigenvalue weighted by Crippen LogP contribution is 2.30. The maximum absolute atomic E-state index is 13.9. The van der Waals surface area contributed by atoms with Crippen LogP contribution in [0.25, 0.3) is 10.8 Å². The quantitative estimate of drug-likeness (QED) is 0.478. The summed E-state index contributed by atoms with van der Waals surface area (Å²) >= 11 is 12.2. The highest BCUT2D eigenvalue weighted by atomic mass is 35.5. The molecule has 1 saturated carbocycles. The lowest BCUT2D eigenvalue weighted by molar-refractivity contribution is -0.128. The largest absolute Gasteiger partial charge is 0.350 e. The van der Waals surface area contributed by atoms with Crippen molar-refractivity contribution < 1.29 is 18.0 Å². The minimum Gasteiger partial charge on any atom is -0.350 e. The number of carbonyl (C=O) groups excluding carboxylic acids is 2. The standard InChI is InChI=1S/C27H28Cl2N4O4S/c28-23-12-6-19(16-24(23)29)27(35)32-13-14-33(26(32)25(34)31-21-9-7-20(30)8-10-21)38(36,37)22-11-5-17-3-1-2-4-18(17)15-22/h1-6,11-12,15-16,20-21,26H,7-10,13-14,30H2,(H,31,34). The van der Waals surface area contributed by atoms with E-state index in [1.807, 2.05) is 24.3 Å². The third-order valence-corrected chi connectivity index (χ3v) is 9.83. The Morgan fingerprint density at radius 2 is 1.58 bits per heavy atom. The molecule has 8 nitrogen and oxygen atoms in total. The number of fused-ring (bicyclic) bond motifs is 1. The molecule has 3 aromatic carbocycles. The van der Waals surface area contributed by atoms with Gasteiger partial charge in [0.2, 0.25) is 10.0 Å². The number of amides is 2. The molecule has 11 heteroatoms. The summed E-state index contributed by atoms with van der Waals surface area (Å²) in [5.74, 6) is -1.05. The second-order valence-electron chi connectivity index (χ2n) is 9.75. The Morgan fingerprint density at radius 1 is 0.868 bits per heavy atom. The van der Waals surface area contributed by atoms with E-state index in [1.54, 1.807) is 12.1 Å². The number of nitrogens with two attached hydrogens (primary N) is 1. The SMILES string of the molecule is NC1CCC(NC(=O)C2N(C(=O)c3ccc(Cl)c(Cl)c3)CCN2S(=O)(=O)c2ccc3ccccc3c2)CC1. The third-order valence-electron chi connectivity index (χ3n) is 7.24. The Labute approximate surface area is 231 Å². The number of sulfonamides is 1. The van der Waals surface area contributed by atoms with Crippen molar-refractivity contribution in [1.82, 2.24) is 14.5 Å². The topological polar surface area (TPSA) is 113 Å². The van der Waals surface area contributed by atoms with Gasteiger partial charge in [-0.05, 0) is 66.8 Å². The van der Waals surface area contributed by atoms with E-state index < -0.39 is 28.0 Å². The van der Waals surface area contributed by atoms with Crippen LogP contribution >= 0.6 is 23.2 Å². The summed E-state index contributed by atoms with van der Waals surface area (Å²) < 4.78 is 28.9. The molecular formula is C27H28Cl2N4O4S. The van der Waals surface area contributed by atoms with Crippen molar-refractivity contribution in [2.75, 3.05) is 13.1 Å². The average molecular weight is 576 g/mol. The van der Waals surface area contributed by atoms with Crippen molar-refractivity contribution >= 4 is 55.8 Å². The lowest BCUT2D eigenvalue weighted by atomic mass is 9.92.